The normalized spacial score (nSPS) is 19.6. The van der Waals surface area contributed by atoms with Gasteiger partial charge in [-0.05, 0) is 61.7 Å². The van der Waals surface area contributed by atoms with Gasteiger partial charge in [0.2, 0.25) is 5.95 Å². The number of fused-ring (bicyclic) bond motifs is 1. The molecule has 5 nitrogen and oxygen atoms in total. The van der Waals surface area contributed by atoms with E-state index in [9.17, 15) is 0 Å². The summed E-state index contributed by atoms with van der Waals surface area (Å²) in [5, 5.41) is 10.5. The van der Waals surface area contributed by atoms with Crippen LogP contribution in [0.15, 0.2) is 41.8 Å². The Morgan fingerprint density at radius 1 is 1.04 bits per heavy atom. The summed E-state index contributed by atoms with van der Waals surface area (Å²) in [5.74, 6) is 2.49. The molecule has 0 unspecified atom stereocenters. The Labute approximate surface area is 171 Å². The summed E-state index contributed by atoms with van der Waals surface area (Å²) in [7, 11) is 4.07. The molecule has 2 N–H and O–H groups in total. The lowest BCUT2D eigenvalue weighted by Gasteiger charge is -2.29. The molecule has 0 amide bonds. The molecule has 0 bridgehead atoms. The molecular weight excluding hydrogens is 366 g/mol. The zero-order valence-electron chi connectivity index (χ0n) is 16.7. The van der Waals surface area contributed by atoms with Crippen molar-refractivity contribution in [3.05, 3.63) is 46.7 Å². The Kier molecular flexibility index (Phi) is 6.07. The molecule has 1 aliphatic rings. The molecule has 1 saturated carbocycles. The molecular formula is C22H29N5S. The predicted octanol–water partition coefficient (Wildman–Crippen LogP) is 4.52. The van der Waals surface area contributed by atoms with Gasteiger partial charge in [0.1, 0.15) is 5.82 Å². The third-order valence-electron chi connectivity index (χ3n) is 5.50. The van der Waals surface area contributed by atoms with E-state index in [-0.39, 0.29) is 0 Å². The van der Waals surface area contributed by atoms with Gasteiger partial charge in [0, 0.05) is 36.9 Å². The molecule has 2 aromatic heterocycles. The van der Waals surface area contributed by atoms with E-state index in [0.717, 1.165) is 41.7 Å². The van der Waals surface area contributed by atoms with E-state index in [0.29, 0.717) is 6.04 Å². The van der Waals surface area contributed by atoms with Gasteiger partial charge in [-0.15, -0.1) is 11.3 Å². The smallest absolute Gasteiger partial charge is 0.225 e. The Hall–Kier alpha value is -2.18. The molecule has 28 heavy (non-hydrogen) atoms. The minimum absolute atomic E-state index is 0.463. The van der Waals surface area contributed by atoms with Gasteiger partial charge < -0.3 is 15.5 Å². The zero-order chi connectivity index (χ0) is 19.3. The van der Waals surface area contributed by atoms with Crippen LogP contribution in [0, 0.1) is 5.92 Å². The molecule has 0 spiro atoms. The first kappa shape index (κ1) is 19.2. The third kappa shape index (κ3) is 4.62. The summed E-state index contributed by atoms with van der Waals surface area (Å²) < 4.78 is 0. The van der Waals surface area contributed by atoms with Crippen LogP contribution in [0.2, 0.25) is 0 Å². The summed E-state index contributed by atoms with van der Waals surface area (Å²) in [5.41, 5.74) is 0.996. The van der Waals surface area contributed by atoms with Crippen molar-refractivity contribution in [1.29, 1.82) is 0 Å². The van der Waals surface area contributed by atoms with Crippen LogP contribution in [0.1, 0.15) is 30.6 Å². The SMILES string of the molecule is CN(C)c1nc(NC2CCC(CNCc3cccs3)CC2)nc2ccccc12. The molecule has 0 atom stereocenters. The van der Waals surface area contributed by atoms with Crippen LogP contribution in [0.4, 0.5) is 11.8 Å². The Morgan fingerprint density at radius 3 is 2.61 bits per heavy atom. The number of aromatic nitrogens is 2. The van der Waals surface area contributed by atoms with Crippen molar-refractivity contribution in [2.45, 2.75) is 38.3 Å². The van der Waals surface area contributed by atoms with Gasteiger partial charge in [-0.3, -0.25) is 0 Å². The van der Waals surface area contributed by atoms with Crippen molar-refractivity contribution in [1.82, 2.24) is 15.3 Å². The van der Waals surface area contributed by atoms with Crippen LogP contribution in [-0.2, 0) is 6.54 Å². The lowest BCUT2D eigenvalue weighted by molar-refractivity contribution is 0.324. The van der Waals surface area contributed by atoms with Crippen molar-refractivity contribution < 1.29 is 0 Å². The van der Waals surface area contributed by atoms with Crippen LogP contribution in [0.5, 0.6) is 0 Å². The van der Waals surface area contributed by atoms with Gasteiger partial charge >= 0.3 is 0 Å². The van der Waals surface area contributed by atoms with Crippen LogP contribution < -0.4 is 15.5 Å². The van der Waals surface area contributed by atoms with Crippen molar-refractivity contribution in [3.63, 3.8) is 0 Å². The van der Waals surface area contributed by atoms with Crippen molar-refractivity contribution >= 4 is 34.0 Å². The molecule has 4 rings (SSSR count). The molecule has 1 aliphatic carbocycles. The van der Waals surface area contributed by atoms with Gasteiger partial charge in [-0.2, -0.15) is 4.98 Å². The van der Waals surface area contributed by atoms with E-state index >= 15 is 0 Å². The number of anilines is 2. The first-order valence-electron chi connectivity index (χ1n) is 10.1. The fourth-order valence-corrected chi connectivity index (χ4v) is 4.65. The predicted molar refractivity (Wildman–Crippen MR) is 119 cm³/mol. The van der Waals surface area contributed by atoms with Crippen molar-refractivity contribution in [3.8, 4) is 0 Å². The highest BCUT2D eigenvalue weighted by Gasteiger charge is 2.22. The van der Waals surface area contributed by atoms with Gasteiger partial charge in [-0.1, -0.05) is 18.2 Å². The van der Waals surface area contributed by atoms with Crippen LogP contribution in [-0.4, -0.2) is 36.6 Å². The largest absolute Gasteiger partial charge is 0.362 e. The van der Waals surface area contributed by atoms with Crippen LogP contribution in [0.3, 0.4) is 0 Å². The lowest BCUT2D eigenvalue weighted by Crippen LogP contribution is -2.31. The Balaban J connectivity index is 1.32. The highest BCUT2D eigenvalue weighted by molar-refractivity contribution is 7.09. The Morgan fingerprint density at radius 2 is 1.86 bits per heavy atom. The minimum Gasteiger partial charge on any atom is -0.362 e. The molecule has 3 aromatic rings. The second-order valence-electron chi connectivity index (χ2n) is 7.85. The fourth-order valence-electron chi connectivity index (χ4n) is 3.97. The standard InChI is InChI=1S/C22H29N5S/c1-27(2)21-19-7-3-4-8-20(19)25-22(26-21)24-17-11-9-16(10-12-17)14-23-15-18-6-5-13-28-18/h3-8,13,16-17,23H,9-12,14-15H2,1-2H3,(H,24,25,26). The number of rotatable bonds is 7. The number of benzene rings is 1. The summed E-state index contributed by atoms with van der Waals surface area (Å²) in [6, 6.07) is 13.0. The van der Waals surface area contributed by atoms with E-state index < -0.39 is 0 Å². The molecule has 0 radical (unpaired) electrons. The second kappa shape index (κ2) is 8.88. The van der Waals surface area contributed by atoms with E-state index in [1.807, 2.05) is 37.6 Å². The number of nitrogens with zero attached hydrogens (tertiary/aromatic N) is 3. The molecule has 6 heteroatoms. The maximum absolute atomic E-state index is 4.78. The van der Waals surface area contributed by atoms with Gasteiger partial charge in [0.15, 0.2) is 0 Å². The van der Waals surface area contributed by atoms with E-state index in [1.165, 1.54) is 30.6 Å². The van der Waals surface area contributed by atoms with Gasteiger partial charge in [-0.25, -0.2) is 4.98 Å². The maximum atomic E-state index is 4.78. The highest BCUT2D eigenvalue weighted by atomic mass is 32.1. The minimum atomic E-state index is 0.463. The van der Waals surface area contributed by atoms with Crippen LogP contribution in [0.25, 0.3) is 10.9 Å². The fraction of sp³-hybridized carbons (Fsp3) is 0.455. The summed E-state index contributed by atoms with van der Waals surface area (Å²) >= 11 is 1.83. The average Bonchev–Trinajstić information content (AvgIpc) is 3.22. The monoisotopic (exact) mass is 395 g/mol. The zero-order valence-corrected chi connectivity index (χ0v) is 17.5. The topological polar surface area (TPSA) is 53.1 Å². The Bertz CT molecular complexity index is 885. The highest BCUT2D eigenvalue weighted by Crippen LogP contribution is 2.28. The summed E-state index contributed by atoms with van der Waals surface area (Å²) in [6.45, 7) is 2.11. The van der Waals surface area contributed by atoms with Crippen molar-refractivity contribution in [2.75, 3.05) is 30.9 Å². The second-order valence-corrected chi connectivity index (χ2v) is 8.89. The summed E-state index contributed by atoms with van der Waals surface area (Å²) in [4.78, 5) is 13.0. The average molecular weight is 396 g/mol. The first-order chi connectivity index (χ1) is 13.7. The lowest BCUT2D eigenvalue weighted by atomic mass is 9.86. The van der Waals surface area contributed by atoms with Gasteiger partial charge in [0.05, 0.1) is 5.52 Å². The molecule has 1 fully saturated rings. The summed E-state index contributed by atoms with van der Waals surface area (Å²) in [6.07, 6.45) is 4.87. The number of hydrogen-bond donors (Lipinski definition) is 2. The maximum Gasteiger partial charge on any atom is 0.225 e. The quantitative estimate of drug-likeness (QED) is 0.616. The molecule has 2 heterocycles. The molecule has 0 saturated heterocycles. The number of nitrogens with one attached hydrogen (secondary N) is 2. The molecule has 148 valence electrons. The van der Waals surface area contributed by atoms with Crippen LogP contribution >= 0.6 is 11.3 Å². The molecule has 1 aromatic carbocycles. The van der Waals surface area contributed by atoms with E-state index in [4.69, 9.17) is 9.97 Å². The molecule has 0 aliphatic heterocycles. The van der Waals surface area contributed by atoms with E-state index in [1.54, 1.807) is 0 Å². The number of hydrogen-bond acceptors (Lipinski definition) is 6. The number of thiophene rings is 1. The van der Waals surface area contributed by atoms with E-state index in [2.05, 4.69) is 45.2 Å². The third-order valence-corrected chi connectivity index (χ3v) is 6.38. The first-order valence-corrected chi connectivity index (χ1v) is 11.0. The number of para-hydroxylation sites is 1. The van der Waals surface area contributed by atoms with Crippen molar-refractivity contribution in [2.24, 2.45) is 5.92 Å². The van der Waals surface area contributed by atoms with Gasteiger partial charge in [0.25, 0.3) is 0 Å².